The Balaban J connectivity index is 1.57. The van der Waals surface area contributed by atoms with Crippen molar-refractivity contribution in [3.8, 4) is 11.3 Å². The Labute approximate surface area is 171 Å². The summed E-state index contributed by atoms with van der Waals surface area (Å²) in [5.41, 5.74) is 1.26. The van der Waals surface area contributed by atoms with Crippen molar-refractivity contribution >= 4 is 29.1 Å². The summed E-state index contributed by atoms with van der Waals surface area (Å²) < 4.78 is 10.6. The molecule has 3 heterocycles. The fourth-order valence-corrected chi connectivity index (χ4v) is 4.06. The van der Waals surface area contributed by atoms with Gasteiger partial charge in [0.2, 0.25) is 5.89 Å². The van der Waals surface area contributed by atoms with Gasteiger partial charge in [-0.3, -0.25) is 4.79 Å². The Bertz CT molecular complexity index is 1000. The lowest BCUT2D eigenvalue weighted by Gasteiger charge is -2.30. The number of aryl methyl sites for hydroxylation is 2. The maximum absolute atomic E-state index is 13.2. The number of halogens is 2. The number of piperidine rings is 1. The van der Waals surface area contributed by atoms with Crippen molar-refractivity contribution < 1.29 is 13.8 Å². The van der Waals surface area contributed by atoms with E-state index in [1.165, 1.54) is 0 Å². The van der Waals surface area contributed by atoms with Crippen molar-refractivity contribution in [1.82, 2.24) is 20.2 Å². The molecule has 2 aromatic heterocycles. The molecular weight excluding hydrogens is 403 g/mol. The predicted octanol–water partition coefficient (Wildman–Crippen LogP) is 4.67. The Morgan fingerprint density at radius 3 is 2.39 bits per heavy atom. The number of amides is 1. The van der Waals surface area contributed by atoms with Crippen LogP contribution < -0.4 is 0 Å². The van der Waals surface area contributed by atoms with E-state index in [4.69, 9.17) is 32.2 Å². The van der Waals surface area contributed by atoms with Gasteiger partial charge < -0.3 is 13.9 Å². The van der Waals surface area contributed by atoms with Gasteiger partial charge in [0.05, 0.1) is 10.0 Å². The zero-order valence-corrected chi connectivity index (χ0v) is 16.9. The summed E-state index contributed by atoms with van der Waals surface area (Å²) in [6, 6.07) is 5.16. The van der Waals surface area contributed by atoms with E-state index in [0.29, 0.717) is 57.4 Å². The van der Waals surface area contributed by atoms with Gasteiger partial charge in [0.1, 0.15) is 17.0 Å². The number of nitrogens with zero attached hydrogens (tertiary/aromatic N) is 4. The third-order valence-electron chi connectivity index (χ3n) is 4.95. The second-order valence-electron chi connectivity index (χ2n) is 6.81. The Kier molecular flexibility index (Phi) is 5.12. The highest BCUT2D eigenvalue weighted by atomic mass is 35.5. The smallest absolute Gasteiger partial charge is 0.259 e. The number of hydrogen-bond acceptors (Lipinski definition) is 6. The lowest BCUT2D eigenvalue weighted by atomic mass is 9.95. The summed E-state index contributed by atoms with van der Waals surface area (Å²) in [6.45, 7) is 4.65. The van der Waals surface area contributed by atoms with Gasteiger partial charge in [-0.05, 0) is 38.8 Å². The fraction of sp³-hybridized carbons (Fsp3) is 0.368. The van der Waals surface area contributed by atoms with Gasteiger partial charge in [-0.25, -0.2) is 0 Å². The quantitative estimate of drug-likeness (QED) is 0.611. The minimum atomic E-state index is -0.148. The van der Waals surface area contributed by atoms with E-state index >= 15 is 0 Å². The van der Waals surface area contributed by atoms with Crippen LogP contribution in [0.4, 0.5) is 0 Å². The Morgan fingerprint density at radius 1 is 1.11 bits per heavy atom. The zero-order chi connectivity index (χ0) is 19.8. The van der Waals surface area contributed by atoms with Gasteiger partial charge >= 0.3 is 0 Å². The molecule has 1 fully saturated rings. The molecule has 1 aliphatic rings. The molecule has 0 radical (unpaired) electrons. The van der Waals surface area contributed by atoms with Crippen LogP contribution in [0.25, 0.3) is 11.3 Å². The minimum Gasteiger partial charge on any atom is -0.360 e. The number of likely N-dealkylation sites (tertiary alicyclic amines) is 1. The number of carbonyl (C=O) groups is 1. The predicted molar refractivity (Wildman–Crippen MR) is 104 cm³/mol. The van der Waals surface area contributed by atoms with Gasteiger partial charge in [-0.2, -0.15) is 4.98 Å². The summed E-state index contributed by atoms with van der Waals surface area (Å²) in [4.78, 5) is 19.3. The van der Waals surface area contributed by atoms with E-state index in [0.717, 1.165) is 12.8 Å². The first-order valence-electron chi connectivity index (χ1n) is 8.96. The second kappa shape index (κ2) is 7.56. The van der Waals surface area contributed by atoms with Crippen LogP contribution in [0, 0.1) is 13.8 Å². The van der Waals surface area contributed by atoms with Gasteiger partial charge in [-0.15, -0.1) is 0 Å². The number of carbonyl (C=O) groups excluding carboxylic acids is 1. The SMILES string of the molecule is Cc1noc(C2CCN(C(=O)c3c(-c4c(Cl)cccc4Cl)noc3C)CC2)n1. The Morgan fingerprint density at radius 2 is 1.79 bits per heavy atom. The number of hydrogen-bond donors (Lipinski definition) is 0. The molecule has 28 heavy (non-hydrogen) atoms. The molecule has 146 valence electrons. The highest BCUT2D eigenvalue weighted by Gasteiger charge is 2.32. The molecule has 1 saturated heterocycles. The molecule has 0 aliphatic carbocycles. The molecule has 1 aliphatic heterocycles. The fourth-order valence-electron chi connectivity index (χ4n) is 3.49. The largest absolute Gasteiger partial charge is 0.360 e. The van der Waals surface area contributed by atoms with Crippen LogP contribution in [0.2, 0.25) is 10.0 Å². The standard InChI is InChI=1S/C19H18Cl2N4O3/c1-10-15(17(24-27-10)16-13(20)4-3-5-14(16)21)19(26)25-8-6-12(7-9-25)18-22-11(2)23-28-18/h3-5,12H,6-9H2,1-2H3. The highest BCUT2D eigenvalue weighted by Crippen LogP contribution is 2.37. The molecule has 0 spiro atoms. The third kappa shape index (κ3) is 3.40. The molecule has 0 bridgehead atoms. The van der Waals surface area contributed by atoms with E-state index in [1.54, 1.807) is 36.9 Å². The molecule has 3 aromatic rings. The second-order valence-corrected chi connectivity index (χ2v) is 7.62. The first kappa shape index (κ1) is 19.0. The highest BCUT2D eigenvalue weighted by molar-refractivity contribution is 6.39. The molecule has 0 saturated carbocycles. The first-order valence-corrected chi connectivity index (χ1v) is 9.71. The maximum Gasteiger partial charge on any atom is 0.259 e. The van der Waals surface area contributed by atoms with Crippen LogP contribution in [0.1, 0.15) is 46.6 Å². The van der Waals surface area contributed by atoms with Crippen molar-refractivity contribution in [2.45, 2.75) is 32.6 Å². The minimum absolute atomic E-state index is 0.148. The number of aromatic nitrogens is 3. The summed E-state index contributed by atoms with van der Waals surface area (Å²) in [5.74, 6) is 1.70. The molecule has 1 amide bonds. The molecule has 0 N–H and O–H groups in total. The molecule has 4 rings (SSSR count). The summed E-state index contributed by atoms with van der Waals surface area (Å²) in [7, 11) is 0. The topological polar surface area (TPSA) is 85.3 Å². The van der Waals surface area contributed by atoms with E-state index in [9.17, 15) is 4.79 Å². The summed E-state index contributed by atoms with van der Waals surface area (Å²) >= 11 is 12.6. The van der Waals surface area contributed by atoms with Crippen LogP contribution in [0.5, 0.6) is 0 Å². The average molecular weight is 421 g/mol. The summed E-state index contributed by atoms with van der Waals surface area (Å²) in [6.07, 6.45) is 1.50. The average Bonchev–Trinajstić information content (AvgIpc) is 3.27. The van der Waals surface area contributed by atoms with Crippen molar-refractivity contribution in [2.75, 3.05) is 13.1 Å². The van der Waals surface area contributed by atoms with E-state index in [1.807, 2.05) is 0 Å². The van der Waals surface area contributed by atoms with E-state index in [2.05, 4.69) is 15.3 Å². The normalized spacial score (nSPS) is 15.2. The number of rotatable bonds is 3. The third-order valence-corrected chi connectivity index (χ3v) is 5.58. The lowest BCUT2D eigenvalue weighted by molar-refractivity contribution is 0.0703. The number of benzene rings is 1. The van der Waals surface area contributed by atoms with Gasteiger partial charge in [-0.1, -0.05) is 39.6 Å². The molecule has 9 heteroatoms. The monoisotopic (exact) mass is 420 g/mol. The van der Waals surface area contributed by atoms with Gasteiger partial charge in [0.15, 0.2) is 5.82 Å². The van der Waals surface area contributed by atoms with Crippen molar-refractivity contribution in [3.63, 3.8) is 0 Å². The molecule has 0 unspecified atom stereocenters. The van der Waals surface area contributed by atoms with Gasteiger partial charge in [0, 0.05) is 24.6 Å². The maximum atomic E-state index is 13.2. The molecule has 0 atom stereocenters. The van der Waals surface area contributed by atoms with Crippen molar-refractivity contribution in [1.29, 1.82) is 0 Å². The van der Waals surface area contributed by atoms with Gasteiger partial charge in [0.25, 0.3) is 5.91 Å². The van der Waals surface area contributed by atoms with Crippen LogP contribution in [-0.4, -0.2) is 39.2 Å². The van der Waals surface area contributed by atoms with Crippen LogP contribution >= 0.6 is 23.2 Å². The van der Waals surface area contributed by atoms with E-state index in [-0.39, 0.29) is 11.8 Å². The first-order chi connectivity index (χ1) is 13.5. The molecular formula is C19H18Cl2N4O3. The van der Waals surface area contributed by atoms with Crippen LogP contribution in [-0.2, 0) is 0 Å². The zero-order valence-electron chi connectivity index (χ0n) is 15.4. The van der Waals surface area contributed by atoms with E-state index < -0.39 is 0 Å². The van der Waals surface area contributed by atoms with Crippen molar-refractivity contribution in [2.24, 2.45) is 0 Å². The van der Waals surface area contributed by atoms with Crippen LogP contribution in [0.15, 0.2) is 27.2 Å². The summed E-state index contributed by atoms with van der Waals surface area (Å²) in [5, 5.41) is 8.75. The van der Waals surface area contributed by atoms with Crippen molar-refractivity contribution in [3.05, 3.63) is 51.3 Å². The molecule has 7 nitrogen and oxygen atoms in total. The lowest BCUT2D eigenvalue weighted by Crippen LogP contribution is -2.38. The van der Waals surface area contributed by atoms with Crippen LogP contribution in [0.3, 0.4) is 0 Å². The molecule has 1 aromatic carbocycles. The Hall–Kier alpha value is -2.38.